The summed E-state index contributed by atoms with van der Waals surface area (Å²) in [6.45, 7) is 0.713. The topological polar surface area (TPSA) is 59.1 Å². The second-order valence-corrected chi connectivity index (χ2v) is 9.26. The van der Waals surface area contributed by atoms with Gasteiger partial charge < -0.3 is 19.3 Å². The average Bonchev–Trinajstić information content (AvgIpc) is 3.34. The molecule has 6 rings (SSSR count). The molecule has 6 nitrogen and oxygen atoms in total. The molecule has 184 valence electrons. The van der Waals surface area contributed by atoms with E-state index in [4.69, 9.17) is 9.47 Å². The molecule has 37 heavy (non-hydrogen) atoms. The van der Waals surface area contributed by atoms with Gasteiger partial charge in [-0.3, -0.25) is 9.59 Å². The summed E-state index contributed by atoms with van der Waals surface area (Å²) >= 11 is 0. The van der Waals surface area contributed by atoms with Crippen molar-refractivity contribution in [2.24, 2.45) is 0 Å². The lowest BCUT2D eigenvalue weighted by Gasteiger charge is -2.24. The molecule has 0 saturated carbocycles. The summed E-state index contributed by atoms with van der Waals surface area (Å²) in [5.74, 6) is 1.06. The van der Waals surface area contributed by atoms with Crippen molar-refractivity contribution < 1.29 is 19.1 Å². The molecule has 0 saturated heterocycles. The van der Waals surface area contributed by atoms with Gasteiger partial charge in [-0.05, 0) is 47.5 Å². The molecule has 2 amide bonds. The fourth-order valence-electron chi connectivity index (χ4n) is 5.51. The van der Waals surface area contributed by atoms with Crippen molar-refractivity contribution in [2.45, 2.75) is 18.5 Å². The quantitative estimate of drug-likeness (QED) is 0.354. The Hall–Kier alpha value is -4.58. The third-order valence-electron chi connectivity index (χ3n) is 7.33. The summed E-state index contributed by atoms with van der Waals surface area (Å²) in [7, 11) is 3.25. The van der Waals surface area contributed by atoms with Crippen LogP contribution < -0.4 is 19.3 Å². The zero-order chi connectivity index (χ0) is 25.6. The molecule has 4 aromatic rings. The van der Waals surface area contributed by atoms with Crippen LogP contribution in [0.5, 0.6) is 11.5 Å². The van der Waals surface area contributed by atoms with Crippen molar-refractivity contribution in [2.75, 3.05) is 24.0 Å². The summed E-state index contributed by atoms with van der Waals surface area (Å²) in [6, 6.07) is 30.6. The van der Waals surface area contributed by atoms with E-state index >= 15 is 0 Å². The summed E-state index contributed by atoms with van der Waals surface area (Å²) in [4.78, 5) is 32.3. The van der Waals surface area contributed by atoms with Crippen LogP contribution in [-0.4, -0.2) is 26.0 Å². The van der Waals surface area contributed by atoms with Crippen LogP contribution >= 0.6 is 0 Å². The number of benzene rings is 4. The lowest BCUT2D eigenvalue weighted by atomic mass is 9.76. The van der Waals surface area contributed by atoms with Crippen LogP contribution in [0.3, 0.4) is 0 Å². The predicted octanol–water partition coefficient (Wildman–Crippen LogP) is 5.08. The van der Waals surface area contributed by atoms with Crippen LogP contribution in [-0.2, 0) is 28.1 Å². The van der Waals surface area contributed by atoms with E-state index in [2.05, 4.69) is 0 Å². The standard InChI is InChI=1S/C31H26N2O4/c1-36-23-15-11-21(12-16-23)19-32-27-9-5-3-7-25(27)31(29(32)34)26-8-4-6-10-28(26)33(30(31)35)20-22-13-17-24(37-2)18-14-22/h3-18H,19-20H2,1-2H3. The normalized spacial score (nSPS) is 15.2. The minimum absolute atomic E-state index is 0.223. The first-order valence-electron chi connectivity index (χ1n) is 12.2. The fourth-order valence-corrected chi connectivity index (χ4v) is 5.51. The zero-order valence-electron chi connectivity index (χ0n) is 20.7. The predicted molar refractivity (Wildman–Crippen MR) is 142 cm³/mol. The van der Waals surface area contributed by atoms with Gasteiger partial charge in [0.1, 0.15) is 11.5 Å². The summed E-state index contributed by atoms with van der Waals surface area (Å²) in [5, 5.41) is 0. The highest BCUT2D eigenvalue weighted by molar-refractivity contribution is 6.31. The van der Waals surface area contributed by atoms with Crippen molar-refractivity contribution in [1.29, 1.82) is 0 Å². The number of fused-ring (bicyclic) bond motifs is 4. The Kier molecular flexibility index (Phi) is 5.45. The lowest BCUT2D eigenvalue weighted by molar-refractivity contribution is -0.131. The Morgan fingerprint density at radius 2 is 0.946 bits per heavy atom. The van der Waals surface area contributed by atoms with Gasteiger partial charge in [0.2, 0.25) is 0 Å². The first kappa shape index (κ1) is 22.9. The van der Waals surface area contributed by atoms with Crippen LogP contribution in [0.25, 0.3) is 0 Å². The molecule has 0 aromatic heterocycles. The number of ether oxygens (including phenoxy) is 2. The average molecular weight is 491 g/mol. The van der Waals surface area contributed by atoms with Gasteiger partial charge in [-0.25, -0.2) is 0 Å². The summed E-state index contributed by atoms with van der Waals surface area (Å²) < 4.78 is 10.6. The molecule has 0 unspecified atom stereocenters. The van der Waals surface area contributed by atoms with E-state index in [0.717, 1.165) is 45.1 Å². The van der Waals surface area contributed by atoms with E-state index in [-0.39, 0.29) is 11.8 Å². The number of anilines is 2. The minimum Gasteiger partial charge on any atom is -0.497 e. The molecule has 0 N–H and O–H groups in total. The van der Waals surface area contributed by atoms with Gasteiger partial charge in [-0.1, -0.05) is 60.7 Å². The number of carbonyl (C=O) groups is 2. The number of hydrogen-bond donors (Lipinski definition) is 0. The Labute approximate surface area is 215 Å². The molecule has 2 heterocycles. The smallest absolute Gasteiger partial charge is 0.252 e. The Bertz CT molecular complexity index is 1380. The Balaban J connectivity index is 1.44. The molecule has 2 aliphatic heterocycles. The van der Waals surface area contributed by atoms with Crippen LogP contribution in [0, 0.1) is 0 Å². The van der Waals surface area contributed by atoms with E-state index < -0.39 is 5.41 Å². The molecule has 0 bridgehead atoms. The van der Waals surface area contributed by atoms with Crippen molar-refractivity contribution >= 4 is 23.2 Å². The molecule has 0 radical (unpaired) electrons. The maximum Gasteiger partial charge on any atom is 0.252 e. The summed E-state index contributed by atoms with van der Waals surface area (Å²) in [6.07, 6.45) is 0. The molecule has 4 aromatic carbocycles. The van der Waals surface area contributed by atoms with E-state index in [1.807, 2.05) is 97.1 Å². The Morgan fingerprint density at radius 1 is 0.568 bits per heavy atom. The molecule has 1 spiro atoms. The zero-order valence-corrected chi connectivity index (χ0v) is 20.7. The second-order valence-electron chi connectivity index (χ2n) is 9.26. The molecular weight excluding hydrogens is 464 g/mol. The van der Waals surface area contributed by atoms with E-state index in [1.165, 1.54) is 0 Å². The molecule has 6 heteroatoms. The van der Waals surface area contributed by atoms with Gasteiger partial charge in [-0.2, -0.15) is 0 Å². The molecule has 0 aliphatic carbocycles. The monoisotopic (exact) mass is 490 g/mol. The maximum atomic E-state index is 14.4. The highest BCUT2D eigenvalue weighted by Crippen LogP contribution is 2.54. The SMILES string of the molecule is COc1ccc(CN2C(=O)C3(C(=O)N(Cc4ccc(OC)cc4)c4ccccc43)c3ccccc32)cc1. The number of nitrogens with zero attached hydrogens (tertiary/aromatic N) is 2. The van der Waals surface area contributed by atoms with Gasteiger partial charge in [-0.15, -0.1) is 0 Å². The van der Waals surface area contributed by atoms with E-state index in [1.54, 1.807) is 24.0 Å². The number of carbonyl (C=O) groups excluding carboxylic acids is 2. The lowest BCUT2D eigenvalue weighted by Crippen LogP contribution is -2.48. The van der Waals surface area contributed by atoms with Crippen LogP contribution in [0.4, 0.5) is 11.4 Å². The van der Waals surface area contributed by atoms with Crippen LogP contribution in [0.1, 0.15) is 22.3 Å². The van der Waals surface area contributed by atoms with Gasteiger partial charge in [0.15, 0.2) is 5.41 Å². The van der Waals surface area contributed by atoms with Crippen LogP contribution in [0.2, 0.25) is 0 Å². The van der Waals surface area contributed by atoms with Gasteiger partial charge >= 0.3 is 0 Å². The van der Waals surface area contributed by atoms with Crippen molar-refractivity contribution in [3.8, 4) is 11.5 Å². The van der Waals surface area contributed by atoms with Crippen molar-refractivity contribution in [3.63, 3.8) is 0 Å². The fraction of sp³-hybridized carbons (Fsp3) is 0.161. The molecule has 0 fully saturated rings. The van der Waals surface area contributed by atoms with Gasteiger partial charge in [0, 0.05) is 22.5 Å². The minimum atomic E-state index is -1.41. The van der Waals surface area contributed by atoms with Crippen LogP contribution in [0.15, 0.2) is 97.1 Å². The first-order chi connectivity index (χ1) is 18.1. The number of amides is 2. The van der Waals surface area contributed by atoms with Gasteiger partial charge in [0.25, 0.3) is 11.8 Å². The molecular formula is C31H26N2O4. The van der Waals surface area contributed by atoms with Gasteiger partial charge in [0.05, 0.1) is 27.3 Å². The third kappa shape index (κ3) is 3.40. The van der Waals surface area contributed by atoms with E-state index in [0.29, 0.717) is 13.1 Å². The molecule has 0 atom stereocenters. The number of rotatable bonds is 6. The number of methoxy groups -OCH3 is 2. The summed E-state index contributed by atoms with van der Waals surface area (Å²) in [5.41, 5.74) is 3.47. The van der Waals surface area contributed by atoms with E-state index in [9.17, 15) is 9.59 Å². The highest BCUT2D eigenvalue weighted by Gasteiger charge is 2.63. The largest absolute Gasteiger partial charge is 0.497 e. The maximum absolute atomic E-state index is 14.4. The Morgan fingerprint density at radius 3 is 1.32 bits per heavy atom. The second kappa shape index (κ2) is 8.82. The third-order valence-corrected chi connectivity index (χ3v) is 7.33. The van der Waals surface area contributed by atoms with Crippen molar-refractivity contribution in [3.05, 3.63) is 119 Å². The number of hydrogen-bond acceptors (Lipinski definition) is 4. The molecule has 2 aliphatic rings. The first-order valence-corrected chi connectivity index (χ1v) is 12.2. The van der Waals surface area contributed by atoms with Crippen molar-refractivity contribution in [1.82, 2.24) is 0 Å². The number of para-hydroxylation sites is 2. The highest BCUT2D eigenvalue weighted by atomic mass is 16.5.